The molecule has 0 unspecified atom stereocenters. The SMILES string of the molecule is CC[C@H]1CN([C@@H](C)c2nc(C)c(C)s2)[C@H](CC)CN1c1cc(=O)n(C)c2cn(CC#N)nc12. The lowest BCUT2D eigenvalue weighted by molar-refractivity contribution is 0.101. The molecule has 8 nitrogen and oxygen atoms in total. The normalized spacial score (nSPS) is 20.3. The fourth-order valence-electron chi connectivity index (χ4n) is 4.88. The minimum atomic E-state index is -0.0542. The Morgan fingerprint density at radius 1 is 1.24 bits per heavy atom. The van der Waals surface area contributed by atoms with E-state index in [0.717, 1.165) is 48.3 Å². The van der Waals surface area contributed by atoms with Gasteiger partial charge < -0.3 is 9.47 Å². The molecule has 0 bridgehead atoms. The Labute approximate surface area is 199 Å². The van der Waals surface area contributed by atoms with Gasteiger partial charge in [0.25, 0.3) is 5.56 Å². The minimum absolute atomic E-state index is 0.0542. The molecule has 0 amide bonds. The lowest BCUT2D eigenvalue weighted by Crippen LogP contribution is -2.58. The van der Waals surface area contributed by atoms with Crippen molar-refractivity contribution in [2.24, 2.45) is 7.05 Å². The van der Waals surface area contributed by atoms with E-state index in [1.165, 1.54) is 9.88 Å². The second-order valence-corrected chi connectivity index (χ2v) is 10.2. The summed E-state index contributed by atoms with van der Waals surface area (Å²) in [6.45, 7) is 12.8. The predicted octanol–water partition coefficient (Wildman–Crippen LogP) is 3.77. The van der Waals surface area contributed by atoms with Gasteiger partial charge in [0.1, 0.15) is 17.1 Å². The number of anilines is 1. The third-order valence-corrected chi connectivity index (χ3v) is 8.30. The monoisotopic (exact) mass is 467 g/mol. The lowest BCUT2D eigenvalue weighted by atomic mass is 9.99. The van der Waals surface area contributed by atoms with Crippen molar-refractivity contribution < 1.29 is 0 Å². The molecular weight excluding hydrogens is 434 g/mol. The summed E-state index contributed by atoms with van der Waals surface area (Å²) in [6, 6.07) is 4.71. The molecule has 0 saturated carbocycles. The molecule has 1 fully saturated rings. The molecule has 3 aromatic heterocycles. The summed E-state index contributed by atoms with van der Waals surface area (Å²) in [5, 5.41) is 15.0. The maximum Gasteiger partial charge on any atom is 0.252 e. The van der Waals surface area contributed by atoms with Crippen LogP contribution in [-0.2, 0) is 13.6 Å². The van der Waals surface area contributed by atoms with Crippen LogP contribution in [0.3, 0.4) is 0 Å². The summed E-state index contributed by atoms with van der Waals surface area (Å²) < 4.78 is 3.24. The molecule has 0 N–H and O–H groups in total. The van der Waals surface area contributed by atoms with E-state index in [0.29, 0.717) is 6.04 Å². The first-order chi connectivity index (χ1) is 15.8. The van der Waals surface area contributed by atoms with Crippen LogP contribution in [-0.4, -0.2) is 49.4 Å². The molecule has 1 saturated heterocycles. The second kappa shape index (κ2) is 9.27. The molecule has 4 rings (SSSR count). The number of aromatic nitrogens is 4. The highest BCUT2D eigenvalue weighted by atomic mass is 32.1. The van der Waals surface area contributed by atoms with Crippen LogP contribution in [0.4, 0.5) is 5.69 Å². The minimum Gasteiger partial charge on any atom is -0.364 e. The number of rotatable bonds is 6. The van der Waals surface area contributed by atoms with E-state index >= 15 is 0 Å². The first-order valence-corrected chi connectivity index (χ1v) is 12.5. The highest BCUT2D eigenvalue weighted by Gasteiger charge is 2.37. The van der Waals surface area contributed by atoms with Gasteiger partial charge in [-0.2, -0.15) is 10.4 Å². The first kappa shape index (κ1) is 23.5. The number of piperazine rings is 1. The standard InChI is InChI=1S/C24H33N7OS/c1-7-18-13-31(19(8-2)12-30(18)16(4)24-26-15(3)17(5)33-24)20-11-22(32)28(6)21-14-29(10-9-25)27-23(20)21/h11,14,16,18-19H,7-8,10,12-13H2,1-6H3/t16-,18+,19-/m0/s1. The Kier molecular flexibility index (Phi) is 6.59. The van der Waals surface area contributed by atoms with E-state index in [2.05, 4.69) is 55.6 Å². The van der Waals surface area contributed by atoms with Crippen molar-refractivity contribution in [1.82, 2.24) is 24.2 Å². The summed E-state index contributed by atoms with van der Waals surface area (Å²) in [4.78, 5) is 23.9. The predicted molar refractivity (Wildman–Crippen MR) is 133 cm³/mol. The van der Waals surface area contributed by atoms with Crippen molar-refractivity contribution in [3.8, 4) is 6.07 Å². The fraction of sp³-hybridized carbons (Fsp3) is 0.583. The molecule has 0 spiro atoms. The number of pyridine rings is 1. The number of hydrogen-bond donors (Lipinski definition) is 0. The number of nitrogens with zero attached hydrogens (tertiary/aromatic N) is 7. The topological polar surface area (TPSA) is 83.0 Å². The Bertz CT molecular complexity index is 1230. The number of thiazole rings is 1. The van der Waals surface area contributed by atoms with Crippen LogP contribution < -0.4 is 10.5 Å². The highest BCUT2D eigenvalue weighted by molar-refractivity contribution is 7.11. The molecule has 1 aliphatic heterocycles. The van der Waals surface area contributed by atoms with Crippen molar-refractivity contribution in [3.05, 3.63) is 38.2 Å². The number of aryl methyl sites for hydroxylation is 3. The van der Waals surface area contributed by atoms with Gasteiger partial charge in [0.15, 0.2) is 0 Å². The van der Waals surface area contributed by atoms with Crippen LogP contribution in [0.1, 0.15) is 55.2 Å². The summed E-state index contributed by atoms with van der Waals surface area (Å²) >= 11 is 1.80. The smallest absolute Gasteiger partial charge is 0.252 e. The van der Waals surface area contributed by atoms with E-state index in [-0.39, 0.29) is 24.2 Å². The zero-order valence-corrected chi connectivity index (χ0v) is 21.2. The third-order valence-electron chi connectivity index (χ3n) is 7.06. The van der Waals surface area contributed by atoms with E-state index in [9.17, 15) is 4.79 Å². The van der Waals surface area contributed by atoms with E-state index in [1.54, 1.807) is 39.9 Å². The van der Waals surface area contributed by atoms with Gasteiger partial charge in [0.2, 0.25) is 0 Å². The Hall–Kier alpha value is -2.70. The van der Waals surface area contributed by atoms with Crippen molar-refractivity contribution in [3.63, 3.8) is 0 Å². The Morgan fingerprint density at radius 3 is 2.58 bits per heavy atom. The van der Waals surface area contributed by atoms with Crippen molar-refractivity contribution in [2.75, 3.05) is 18.0 Å². The van der Waals surface area contributed by atoms with Gasteiger partial charge in [-0.15, -0.1) is 11.3 Å². The van der Waals surface area contributed by atoms with E-state index < -0.39 is 0 Å². The maximum absolute atomic E-state index is 12.8. The summed E-state index contributed by atoms with van der Waals surface area (Å²) in [5.41, 5.74) is 3.49. The largest absolute Gasteiger partial charge is 0.364 e. The summed E-state index contributed by atoms with van der Waals surface area (Å²) in [6.07, 6.45) is 3.77. The molecule has 33 heavy (non-hydrogen) atoms. The van der Waals surface area contributed by atoms with Gasteiger partial charge in [0.05, 0.1) is 35.2 Å². The number of hydrogen-bond acceptors (Lipinski definition) is 7. The summed E-state index contributed by atoms with van der Waals surface area (Å²) in [7, 11) is 1.76. The van der Waals surface area contributed by atoms with E-state index in [4.69, 9.17) is 10.2 Å². The molecule has 0 aromatic carbocycles. The van der Waals surface area contributed by atoms with Crippen LogP contribution in [0.2, 0.25) is 0 Å². The van der Waals surface area contributed by atoms with Crippen molar-refractivity contribution in [1.29, 1.82) is 5.26 Å². The Morgan fingerprint density at radius 2 is 1.97 bits per heavy atom. The molecule has 3 atom stereocenters. The van der Waals surface area contributed by atoms with Gasteiger partial charge >= 0.3 is 0 Å². The highest BCUT2D eigenvalue weighted by Crippen LogP contribution is 2.35. The number of fused-ring (bicyclic) bond motifs is 1. The van der Waals surface area contributed by atoms with Crippen LogP contribution in [0.5, 0.6) is 0 Å². The quantitative estimate of drug-likeness (QED) is 0.549. The van der Waals surface area contributed by atoms with Crippen LogP contribution in [0.15, 0.2) is 17.1 Å². The van der Waals surface area contributed by atoms with Gasteiger partial charge in [-0.05, 0) is 33.6 Å². The molecular formula is C24H33N7OS. The molecule has 0 radical (unpaired) electrons. The lowest BCUT2D eigenvalue weighted by Gasteiger charge is -2.49. The molecule has 3 aromatic rings. The first-order valence-electron chi connectivity index (χ1n) is 11.7. The van der Waals surface area contributed by atoms with E-state index in [1.807, 2.05) is 0 Å². The van der Waals surface area contributed by atoms with Gasteiger partial charge in [0, 0.05) is 43.2 Å². The van der Waals surface area contributed by atoms with Gasteiger partial charge in [-0.1, -0.05) is 13.8 Å². The zero-order chi connectivity index (χ0) is 23.9. The van der Waals surface area contributed by atoms with Crippen molar-refractivity contribution >= 4 is 28.1 Å². The van der Waals surface area contributed by atoms with Crippen LogP contribution in [0, 0.1) is 25.2 Å². The average Bonchev–Trinajstić information content (AvgIpc) is 3.38. The second-order valence-electron chi connectivity index (χ2n) is 8.99. The van der Waals surface area contributed by atoms with Crippen molar-refractivity contribution in [2.45, 2.75) is 72.1 Å². The summed E-state index contributed by atoms with van der Waals surface area (Å²) in [5.74, 6) is 0. The Balaban J connectivity index is 1.73. The molecule has 0 aliphatic carbocycles. The molecule has 176 valence electrons. The molecule has 9 heteroatoms. The van der Waals surface area contributed by atoms with Gasteiger partial charge in [-0.25, -0.2) is 4.98 Å². The number of nitriles is 1. The van der Waals surface area contributed by atoms with Crippen LogP contribution >= 0.6 is 11.3 Å². The van der Waals surface area contributed by atoms with Crippen LogP contribution in [0.25, 0.3) is 11.0 Å². The van der Waals surface area contributed by atoms with Gasteiger partial charge in [-0.3, -0.25) is 14.4 Å². The third kappa shape index (κ3) is 4.18. The maximum atomic E-state index is 12.8. The fourth-order valence-corrected chi connectivity index (χ4v) is 5.88. The zero-order valence-electron chi connectivity index (χ0n) is 20.4. The average molecular weight is 468 g/mol. The molecule has 1 aliphatic rings. The molecule has 4 heterocycles.